The predicted octanol–water partition coefficient (Wildman–Crippen LogP) is -0.772. The molecule has 0 spiro atoms. The van der Waals surface area contributed by atoms with E-state index >= 15 is 0 Å². The van der Waals surface area contributed by atoms with Crippen LogP contribution < -0.4 is 36.9 Å². The second kappa shape index (κ2) is 28.2. The molecule has 25 nitrogen and oxygen atoms in total. The lowest BCUT2D eigenvalue weighted by Gasteiger charge is -2.32. The Hall–Kier alpha value is -7.62. The first kappa shape index (κ1) is 59.9. The Kier molecular flexibility index (Phi) is 22.5. The summed E-state index contributed by atoms with van der Waals surface area (Å²) in [6.07, 6.45) is -3.39. The third kappa shape index (κ3) is 19.6. The molecular weight excluding hydrogens is 1010 g/mol. The number of pyridine rings is 1. The summed E-state index contributed by atoms with van der Waals surface area (Å²) in [4.78, 5) is 119. The number of rotatable bonds is 22. The van der Waals surface area contributed by atoms with Gasteiger partial charge in [-0.25, -0.2) is 13.6 Å². The van der Waals surface area contributed by atoms with E-state index in [0.29, 0.717) is 36.0 Å². The Balaban J connectivity index is 0.00000162. The fourth-order valence-corrected chi connectivity index (χ4v) is 7.75. The van der Waals surface area contributed by atoms with Crippen molar-refractivity contribution in [2.75, 3.05) is 129 Å². The number of alkyl halides is 5. The molecule has 3 aromatic rings. The van der Waals surface area contributed by atoms with E-state index < -0.39 is 84.2 Å². The number of likely N-dealkylation sites (tertiary alicyclic amines) is 1. The highest BCUT2D eigenvalue weighted by atomic mass is 19.4. The van der Waals surface area contributed by atoms with Crippen molar-refractivity contribution in [2.24, 2.45) is 0 Å². The number of amides is 3. The summed E-state index contributed by atoms with van der Waals surface area (Å²) < 4.78 is 65.2. The Bertz CT molecular complexity index is 2600. The Labute approximate surface area is 423 Å². The second-order valence-corrected chi connectivity index (χ2v) is 17.2. The minimum absolute atomic E-state index is 0.0838. The van der Waals surface area contributed by atoms with Crippen molar-refractivity contribution in [3.63, 3.8) is 0 Å². The van der Waals surface area contributed by atoms with Crippen LogP contribution in [0, 0.1) is 11.3 Å². The molecule has 2 saturated heterocycles. The number of fused-ring (bicyclic) bond motifs is 1. The molecule has 410 valence electrons. The zero-order valence-corrected chi connectivity index (χ0v) is 40.2. The molecule has 0 saturated carbocycles. The number of hydrogen-bond acceptors (Lipinski definition) is 18. The molecule has 0 unspecified atom stereocenters. The van der Waals surface area contributed by atoms with E-state index in [1.165, 1.54) is 12.3 Å². The van der Waals surface area contributed by atoms with Crippen molar-refractivity contribution in [2.45, 2.75) is 37.4 Å². The summed E-state index contributed by atoms with van der Waals surface area (Å²) in [5, 5.41) is 56.0. The number of aliphatic carboxylic acids is 4. The average molecular weight is 1070 g/mol. The van der Waals surface area contributed by atoms with E-state index in [4.69, 9.17) is 14.6 Å². The minimum Gasteiger partial charge on any atom is -0.494 e. The number of nitriles is 1. The normalized spacial score (nSPS) is 17.1. The first-order valence-corrected chi connectivity index (χ1v) is 23.2. The number of nitrogens with one attached hydrogen (secondary N) is 4. The van der Waals surface area contributed by atoms with Crippen molar-refractivity contribution in [3.8, 4) is 11.8 Å². The maximum atomic E-state index is 13.8. The molecule has 0 bridgehead atoms. The zero-order valence-electron chi connectivity index (χ0n) is 40.2. The molecule has 2 aliphatic heterocycles. The van der Waals surface area contributed by atoms with Crippen LogP contribution in [0.5, 0.6) is 5.75 Å². The monoisotopic (exact) mass is 1070 g/mol. The van der Waals surface area contributed by atoms with E-state index in [9.17, 15) is 80.9 Å². The van der Waals surface area contributed by atoms with E-state index in [-0.39, 0.29) is 121 Å². The number of unbranched alkanes of at least 4 members (excludes halogenated alkanes) is 1. The molecule has 75 heavy (non-hydrogen) atoms. The van der Waals surface area contributed by atoms with Gasteiger partial charge in [0.15, 0.2) is 0 Å². The molecule has 8 N–H and O–H groups in total. The first-order valence-electron chi connectivity index (χ1n) is 23.2. The molecule has 0 aliphatic carbocycles. The van der Waals surface area contributed by atoms with Gasteiger partial charge in [0.1, 0.15) is 23.2 Å². The van der Waals surface area contributed by atoms with Crippen molar-refractivity contribution in [3.05, 3.63) is 56.5 Å². The number of carbonyl (C=O) groups excluding carboxylic acids is 3. The Morgan fingerprint density at radius 1 is 0.733 bits per heavy atom. The van der Waals surface area contributed by atoms with E-state index in [1.54, 1.807) is 43.9 Å². The van der Waals surface area contributed by atoms with Gasteiger partial charge in [-0.2, -0.15) is 18.4 Å². The highest BCUT2D eigenvalue weighted by Gasteiger charge is 2.47. The number of carbonyl (C=O) groups is 7. The zero-order chi connectivity index (χ0) is 55.5. The van der Waals surface area contributed by atoms with Gasteiger partial charge < -0.3 is 51.3 Å². The molecule has 5 rings (SSSR count). The number of carboxylic acids is 4. The quantitative estimate of drug-likeness (QED) is 0.0348. The minimum atomic E-state index is -5.08. The molecule has 3 heterocycles. The van der Waals surface area contributed by atoms with Crippen molar-refractivity contribution in [1.29, 1.82) is 5.26 Å². The Morgan fingerprint density at radius 2 is 1.24 bits per heavy atom. The second-order valence-electron chi connectivity index (χ2n) is 17.2. The smallest absolute Gasteiger partial charge is 0.490 e. The van der Waals surface area contributed by atoms with Crippen LogP contribution in [0.3, 0.4) is 0 Å². The third-order valence-electron chi connectivity index (χ3n) is 11.5. The van der Waals surface area contributed by atoms with Gasteiger partial charge in [0.05, 0.1) is 63.0 Å². The topological polar surface area (TPSA) is 345 Å². The predicted molar refractivity (Wildman–Crippen MR) is 253 cm³/mol. The van der Waals surface area contributed by atoms with Crippen LogP contribution in [0.2, 0.25) is 0 Å². The number of anilines is 2. The molecule has 2 aliphatic rings. The number of carboxylic acid groups (broad SMARTS) is 4. The van der Waals surface area contributed by atoms with Crippen molar-refractivity contribution in [1.82, 2.24) is 40.1 Å². The van der Waals surface area contributed by atoms with Crippen LogP contribution in [0.4, 0.5) is 33.3 Å². The van der Waals surface area contributed by atoms with Crippen LogP contribution in [-0.2, 0) is 28.8 Å². The SMILES string of the molecule is N#C[C@@H]1CC(F)(F)CN1C(=O)CNC(=O)c1ccnc2ccc(OCCCCNc3c(NCCNC(=O)CN4CCN(CC(=O)O)CCN(CC(=O)O)CCN(CC(=O)O)CC4)c(=O)c3=O)cc12.O=C(O)C(F)(F)F. The Morgan fingerprint density at radius 3 is 1.73 bits per heavy atom. The molecule has 1 aromatic heterocycles. The van der Waals surface area contributed by atoms with Gasteiger partial charge in [0.2, 0.25) is 11.8 Å². The number of benzene rings is 1. The molecule has 2 aromatic carbocycles. The average Bonchev–Trinajstić information content (AvgIpc) is 3.67. The molecule has 30 heteroatoms. The summed E-state index contributed by atoms with van der Waals surface area (Å²) in [5.41, 5.74) is -0.582. The summed E-state index contributed by atoms with van der Waals surface area (Å²) in [6.45, 7) is 0.260. The van der Waals surface area contributed by atoms with Gasteiger partial charge in [-0.05, 0) is 37.1 Å². The third-order valence-corrected chi connectivity index (χ3v) is 11.5. The summed E-state index contributed by atoms with van der Waals surface area (Å²) >= 11 is 0. The van der Waals surface area contributed by atoms with Crippen LogP contribution >= 0.6 is 0 Å². The molecule has 2 fully saturated rings. The molecule has 0 radical (unpaired) electrons. The van der Waals surface area contributed by atoms with E-state index in [1.807, 2.05) is 0 Å². The van der Waals surface area contributed by atoms with Gasteiger partial charge in [0.25, 0.3) is 22.7 Å². The number of halogens is 5. The van der Waals surface area contributed by atoms with Crippen molar-refractivity contribution >= 4 is 63.9 Å². The van der Waals surface area contributed by atoms with Gasteiger partial charge in [-0.3, -0.25) is 62.9 Å². The highest BCUT2D eigenvalue weighted by Crippen LogP contribution is 2.31. The van der Waals surface area contributed by atoms with Gasteiger partial charge in [0, 0.05) is 90.0 Å². The standard InChI is InChI=1S/C43H55F2N11O12.C2HF3O2/c44-43(45)20-28(21-46)56(27-43)34(58)22-51-42(67)30-5-7-47-32-4-3-29(19-31(30)32)68-18-2-1-6-49-38-39(41(66)40(38)65)50-9-8-48-33(57)23-52-10-12-53(24-35(59)60)14-16-55(26-37(63)64)17-15-54(13-11-52)25-36(61)62;3-2(4,5)1(6)7/h3-5,7,19,28,49-50H,1-2,6,8-18,20,22-27H2,(H,48,57)(H,51,67)(H,59,60)(H,61,62)(H,63,64);(H,6,7)/t28-;/m0./s1. The molecule has 3 amide bonds. The fourth-order valence-electron chi connectivity index (χ4n) is 7.75. The lowest BCUT2D eigenvalue weighted by Crippen LogP contribution is -2.50. The maximum absolute atomic E-state index is 13.8. The van der Waals surface area contributed by atoms with E-state index in [0.717, 1.165) is 4.90 Å². The number of ether oxygens (including phenoxy) is 1. The van der Waals surface area contributed by atoms with Gasteiger partial charge in [-0.1, -0.05) is 0 Å². The largest absolute Gasteiger partial charge is 0.494 e. The van der Waals surface area contributed by atoms with E-state index in [2.05, 4.69) is 26.3 Å². The van der Waals surface area contributed by atoms with Gasteiger partial charge >= 0.3 is 30.1 Å². The molecular formula is C45H56F5N11O14. The molecule has 1 atom stereocenters. The fraction of sp³-hybridized carbons (Fsp3) is 0.533. The van der Waals surface area contributed by atoms with Crippen LogP contribution in [0.15, 0.2) is 40.1 Å². The first-order chi connectivity index (χ1) is 35.4. The van der Waals surface area contributed by atoms with Gasteiger partial charge in [-0.15, -0.1) is 0 Å². The summed E-state index contributed by atoms with van der Waals surface area (Å²) in [7, 11) is 0. The lowest BCUT2D eigenvalue weighted by molar-refractivity contribution is -0.192. The summed E-state index contributed by atoms with van der Waals surface area (Å²) in [5.74, 6) is -10.6. The number of nitrogens with zero attached hydrogens (tertiary/aromatic N) is 7. The van der Waals surface area contributed by atoms with Crippen LogP contribution in [0.25, 0.3) is 10.9 Å². The number of hydrogen-bond donors (Lipinski definition) is 8. The maximum Gasteiger partial charge on any atom is 0.490 e. The van der Waals surface area contributed by atoms with Crippen LogP contribution in [0.1, 0.15) is 29.6 Å². The lowest BCUT2D eigenvalue weighted by atomic mass is 10.1. The van der Waals surface area contributed by atoms with Crippen molar-refractivity contribution < 1.29 is 80.7 Å². The highest BCUT2D eigenvalue weighted by molar-refractivity contribution is 6.07. The number of aromatic nitrogens is 1. The summed E-state index contributed by atoms with van der Waals surface area (Å²) in [6, 6.07) is 6.75. The van der Waals surface area contributed by atoms with Crippen LogP contribution in [-0.4, -0.2) is 228 Å².